The van der Waals surface area contributed by atoms with E-state index in [2.05, 4.69) is 5.32 Å². The highest BCUT2D eigenvalue weighted by Crippen LogP contribution is 2.28. The first-order chi connectivity index (χ1) is 22.0. The fourth-order valence-corrected chi connectivity index (χ4v) is 6.76. The summed E-state index contributed by atoms with van der Waals surface area (Å²) in [6.07, 6.45) is 0.246. The first kappa shape index (κ1) is 34.2. The van der Waals surface area contributed by atoms with Crippen LogP contribution in [0.15, 0.2) is 108 Å². The number of sulfonamides is 1. The van der Waals surface area contributed by atoms with Crippen molar-refractivity contribution < 1.29 is 22.7 Å². The number of aryl methyl sites for hydroxylation is 2. The Morgan fingerprint density at radius 1 is 0.826 bits per heavy atom. The number of anilines is 1. The first-order valence-electron chi connectivity index (χ1n) is 15.4. The van der Waals surface area contributed by atoms with Gasteiger partial charge in [-0.05, 0) is 66.8 Å². The highest BCUT2D eigenvalue weighted by molar-refractivity contribution is 7.92. The zero-order valence-corrected chi connectivity index (χ0v) is 28.0. The van der Waals surface area contributed by atoms with Gasteiger partial charge in [0.1, 0.15) is 18.3 Å². The molecule has 2 amide bonds. The third-order valence-electron chi connectivity index (χ3n) is 7.67. The summed E-state index contributed by atoms with van der Waals surface area (Å²) in [5.74, 6) is -0.0158. The number of carbonyl (C=O) groups excluding carboxylic acids is 2. The summed E-state index contributed by atoms with van der Waals surface area (Å²) in [6.45, 7) is 7.75. The lowest BCUT2D eigenvalue weighted by molar-refractivity contribution is -0.140. The maximum Gasteiger partial charge on any atom is 0.264 e. The smallest absolute Gasteiger partial charge is 0.264 e. The molecule has 46 heavy (non-hydrogen) atoms. The van der Waals surface area contributed by atoms with Gasteiger partial charge < -0.3 is 15.0 Å². The molecule has 242 valence electrons. The molecule has 0 saturated carbocycles. The topological polar surface area (TPSA) is 96.0 Å². The molecule has 0 heterocycles. The van der Waals surface area contributed by atoms with E-state index < -0.39 is 28.5 Å². The minimum atomic E-state index is -4.16. The second-order valence-electron chi connectivity index (χ2n) is 11.8. The van der Waals surface area contributed by atoms with Gasteiger partial charge in [0.2, 0.25) is 11.8 Å². The van der Waals surface area contributed by atoms with Crippen molar-refractivity contribution in [2.75, 3.05) is 24.5 Å². The summed E-state index contributed by atoms with van der Waals surface area (Å²) in [5, 5.41) is 3.01. The molecule has 0 bridgehead atoms. The molecule has 0 aliphatic heterocycles. The van der Waals surface area contributed by atoms with E-state index in [0.29, 0.717) is 23.5 Å². The number of methoxy groups -OCH3 is 1. The first-order valence-corrected chi connectivity index (χ1v) is 16.8. The molecule has 0 radical (unpaired) electrons. The number of carbonyl (C=O) groups is 2. The Balaban J connectivity index is 1.82. The normalized spacial score (nSPS) is 12.0. The van der Waals surface area contributed by atoms with Crippen LogP contribution in [0.25, 0.3) is 0 Å². The minimum absolute atomic E-state index is 0.0642. The summed E-state index contributed by atoms with van der Waals surface area (Å²) in [7, 11) is -2.60. The lowest BCUT2D eigenvalue weighted by Gasteiger charge is -2.34. The van der Waals surface area contributed by atoms with E-state index in [1.54, 1.807) is 37.4 Å². The molecule has 0 unspecified atom stereocenters. The summed E-state index contributed by atoms with van der Waals surface area (Å²) >= 11 is 0. The zero-order chi connectivity index (χ0) is 33.3. The van der Waals surface area contributed by atoms with Crippen molar-refractivity contribution in [2.24, 2.45) is 5.92 Å². The quantitative estimate of drug-likeness (QED) is 0.185. The van der Waals surface area contributed by atoms with Crippen LogP contribution in [-0.4, -0.2) is 51.4 Å². The number of rotatable bonds is 14. The minimum Gasteiger partial charge on any atom is -0.497 e. The van der Waals surface area contributed by atoms with Gasteiger partial charge in [0, 0.05) is 19.5 Å². The molecule has 0 saturated heterocycles. The Bertz CT molecular complexity index is 1730. The van der Waals surface area contributed by atoms with E-state index in [1.807, 2.05) is 88.4 Å². The monoisotopic (exact) mass is 641 g/mol. The summed E-state index contributed by atoms with van der Waals surface area (Å²) in [6, 6.07) is 29.4. The zero-order valence-electron chi connectivity index (χ0n) is 27.1. The van der Waals surface area contributed by atoms with Crippen LogP contribution < -0.4 is 14.4 Å². The number of nitrogens with zero attached hydrogens (tertiary/aromatic N) is 2. The van der Waals surface area contributed by atoms with Crippen LogP contribution >= 0.6 is 0 Å². The van der Waals surface area contributed by atoms with Crippen molar-refractivity contribution in [2.45, 2.75) is 51.6 Å². The molecule has 1 atom stereocenters. The molecule has 9 heteroatoms. The van der Waals surface area contributed by atoms with Crippen molar-refractivity contribution in [3.05, 3.63) is 125 Å². The van der Waals surface area contributed by atoms with Crippen molar-refractivity contribution in [3.63, 3.8) is 0 Å². The predicted molar refractivity (Wildman–Crippen MR) is 182 cm³/mol. The summed E-state index contributed by atoms with van der Waals surface area (Å²) < 4.78 is 35.0. The molecule has 4 rings (SSSR count). The van der Waals surface area contributed by atoms with E-state index in [9.17, 15) is 18.0 Å². The van der Waals surface area contributed by atoms with Crippen molar-refractivity contribution in [1.82, 2.24) is 10.2 Å². The van der Waals surface area contributed by atoms with Gasteiger partial charge >= 0.3 is 0 Å². The standard InChI is InChI=1S/C37H43N3O5S/c1-27(2)24-38-37(42)35(23-30-13-8-6-9-14-30)39(25-31-15-12-16-32(22-31)45-5)36(41)26-40(34-20-19-28(3)21-29(34)4)46(43,44)33-17-10-7-11-18-33/h6-22,27,35H,23-26H2,1-5H3,(H,38,42)/t35-/m1/s1. The van der Waals surface area contributed by atoms with E-state index in [1.165, 1.54) is 17.0 Å². The highest BCUT2D eigenvalue weighted by atomic mass is 32.2. The summed E-state index contributed by atoms with van der Waals surface area (Å²) in [4.78, 5) is 30.1. The second-order valence-corrected chi connectivity index (χ2v) is 13.7. The Morgan fingerprint density at radius 3 is 2.11 bits per heavy atom. The lowest BCUT2D eigenvalue weighted by atomic mass is 10.0. The Hall–Kier alpha value is -4.63. The Kier molecular flexibility index (Phi) is 11.6. The van der Waals surface area contributed by atoms with Gasteiger partial charge in [-0.15, -0.1) is 0 Å². The maximum absolute atomic E-state index is 14.6. The van der Waals surface area contributed by atoms with Gasteiger partial charge in [-0.25, -0.2) is 8.42 Å². The fourth-order valence-electron chi connectivity index (χ4n) is 5.26. The SMILES string of the molecule is COc1cccc(CN(C(=O)CN(c2ccc(C)cc2C)S(=O)(=O)c2ccccc2)[C@H](Cc2ccccc2)C(=O)NCC(C)C)c1. The Morgan fingerprint density at radius 2 is 1.48 bits per heavy atom. The molecule has 4 aromatic carbocycles. The maximum atomic E-state index is 14.6. The molecular formula is C37H43N3O5S. The highest BCUT2D eigenvalue weighted by Gasteiger charge is 2.35. The number of amides is 2. The molecule has 8 nitrogen and oxygen atoms in total. The second kappa shape index (κ2) is 15.6. The molecule has 1 N–H and O–H groups in total. The molecule has 0 aliphatic carbocycles. The molecule has 0 aliphatic rings. The molecular weight excluding hydrogens is 598 g/mol. The van der Waals surface area contributed by atoms with Crippen LogP contribution in [0.3, 0.4) is 0 Å². The van der Waals surface area contributed by atoms with Crippen LogP contribution in [0.4, 0.5) is 5.69 Å². The molecule has 0 fully saturated rings. The van der Waals surface area contributed by atoms with E-state index in [-0.39, 0.29) is 29.7 Å². The lowest BCUT2D eigenvalue weighted by Crippen LogP contribution is -2.53. The van der Waals surface area contributed by atoms with Crippen molar-refractivity contribution >= 4 is 27.5 Å². The van der Waals surface area contributed by atoms with Gasteiger partial charge in [0.15, 0.2) is 0 Å². The fraction of sp³-hybridized carbons (Fsp3) is 0.297. The molecule has 0 aromatic heterocycles. The van der Waals surface area contributed by atoms with E-state index in [4.69, 9.17) is 4.74 Å². The van der Waals surface area contributed by atoms with Gasteiger partial charge in [0.05, 0.1) is 17.7 Å². The van der Waals surface area contributed by atoms with Crippen LogP contribution in [-0.2, 0) is 32.6 Å². The van der Waals surface area contributed by atoms with Gasteiger partial charge in [0.25, 0.3) is 10.0 Å². The largest absolute Gasteiger partial charge is 0.497 e. The molecule has 0 spiro atoms. The van der Waals surface area contributed by atoms with Gasteiger partial charge in [-0.2, -0.15) is 0 Å². The predicted octanol–water partition coefficient (Wildman–Crippen LogP) is 5.92. The average molecular weight is 642 g/mol. The van der Waals surface area contributed by atoms with Gasteiger partial charge in [-0.1, -0.05) is 92.2 Å². The number of nitrogens with one attached hydrogen (secondary N) is 1. The van der Waals surface area contributed by atoms with Crippen LogP contribution in [0.1, 0.15) is 36.1 Å². The third-order valence-corrected chi connectivity index (χ3v) is 9.45. The summed E-state index contributed by atoms with van der Waals surface area (Å²) in [5.41, 5.74) is 3.69. The van der Waals surface area contributed by atoms with E-state index >= 15 is 0 Å². The number of ether oxygens (including phenoxy) is 1. The molecule has 4 aromatic rings. The van der Waals surface area contributed by atoms with Crippen molar-refractivity contribution in [3.8, 4) is 5.75 Å². The number of benzene rings is 4. The van der Waals surface area contributed by atoms with Gasteiger partial charge in [-0.3, -0.25) is 13.9 Å². The van der Waals surface area contributed by atoms with Crippen LogP contribution in [0, 0.1) is 19.8 Å². The Labute approximate surface area is 273 Å². The van der Waals surface area contributed by atoms with Crippen molar-refractivity contribution in [1.29, 1.82) is 0 Å². The van der Waals surface area contributed by atoms with E-state index in [0.717, 1.165) is 21.0 Å². The number of hydrogen-bond acceptors (Lipinski definition) is 5. The number of hydrogen-bond donors (Lipinski definition) is 1. The average Bonchev–Trinajstić information content (AvgIpc) is 3.05. The van der Waals surface area contributed by atoms with Crippen LogP contribution in [0.5, 0.6) is 5.75 Å². The third kappa shape index (κ3) is 8.75. The van der Waals surface area contributed by atoms with Crippen LogP contribution in [0.2, 0.25) is 0 Å².